The molecule has 3 rings (SSSR count). The predicted octanol–water partition coefficient (Wildman–Crippen LogP) is 2.40. The van der Waals surface area contributed by atoms with Gasteiger partial charge >= 0.3 is 0 Å². The highest BCUT2D eigenvalue weighted by molar-refractivity contribution is 14.0. The van der Waals surface area contributed by atoms with E-state index in [0.29, 0.717) is 11.5 Å². The Morgan fingerprint density at radius 2 is 2.05 bits per heavy atom. The molecule has 0 radical (unpaired) electrons. The Hall–Kier alpha value is -0.0400. The highest BCUT2D eigenvalue weighted by Crippen LogP contribution is 2.47. The molecule has 0 aromatic rings. The van der Waals surface area contributed by atoms with Crippen molar-refractivity contribution in [1.29, 1.82) is 0 Å². The van der Waals surface area contributed by atoms with Crippen molar-refractivity contribution in [2.45, 2.75) is 44.6 Å². The summed E-state index contributed by atoms with van der Waals surface area (Å²) in [4.78, 5) is 9.37. The molecule has 0 aromatic carbocycles. The molecule has 1 spiro atoms. The van der Waals surface area contributed by atoms with Crippen LogP contribution >= 0.6 is 24.0 Å². The van der Waals surface area contributed by atoms with Crippen LogP contribution in [0.2, 0.25) is 0 Å². The van der Waals surface area contributed by atoms with Gasteiger partial charge < -0.3 is 15.1 Å². The number of hydrogen-bond acceptors (Lipinski definition) is 2. The largest absolute Gasteiger partial charge is 0.355 e. The molecular formula is C16H31IN4. The first-order chi connectivity index (χ1) is 9.63. The van der Waals surface area contributed by atoms with Crippen molar-refractivity contribution >= 4 is 29.9 Å². The minimum Gasteiger partial charge on any atom is -0.355 e. The van der Waals surface area contributed by atoms with Crippen LogP contribution in [-0.2, 0) is 0 Å². The summed E-state index contributed by atoms with van der Waals surface area (Å²) in [7, 11) is 6.33. The maximum atomic E-state index is 4.52. The maximum absolute atomic E-state index is 4.52. The van der Waals surface area contributed by atoms with Crippen LogP contribution in [0.4, 0.5) is 0 Å². The first-order valence-corrected chi connectivity index (χ1v) is 8.26. The van der Waals surface area contributed by atoms with Gasteiger partial charge in [-0.25, -0.2) is 0 Å². The summed E-state index contributed by atoms with van der Waals surface area (Å²) in [5.74, 6) is 2.02. The molecule has 3 aliphatic rings. The van der Waals surface area contributed by atoms with Gasteiger partial charge in [-0.1, -0.05) is 6.42 Å². The van der Waals surface area contributed by atoms with Gasteiger partial charge in [0.25, 0.3) is 0 Å². The van der Waals surface area contributed by atoms with Gasteiger partial charge in [0.15, 0.2) is 5.96 Å². The SMILES string of the molecule is CN=C(NCC(C1CC1)N(C)C)N1CCC2(CCC2)C1.I. The number of likely N-dealkylation sites (tertiary alicyclic amines) is 1. The van der Waals surface area contributed by atoms with Gasteiger partial charge in [0.2, 0.25) is 0 Å². The third kappa shape index (κ3) is 3.84. The van der Waals surface area contributed by atoms with E-state index in [4.69, 9.17) is 0 Å². The molecular weight excluding hydrogens is 375 g/mol. The second-order valence-electron chi connectivity index (χ2n) is 7.32. The highest BCUT2D eigenvalue weighted by atomic mass is 127. The zero-order chi connectivity index (χ0) is 14.2. The van der Waals surface area contributed by atoms with Crippen molar-refractivity contribution < 1.29 is 0 Å². The molecule has 0 amide bonds. The van der Waals surface area contributed by atoms with Gasteiger partial charge in [0, 0.05) is 32.7 Å². The molecule has 1 saturated heterocycles. The Bertz CT molecular complexity index is 372. The fourth-order valence-electron chi connectivity index (χ4n) is 3.98. The molecule has 1 atom stereocenters. The lowest BCUT2D eigenvalue weighted by atomic mass is 9.68. The number of halogens is 1. The molecule has 1 unspecified atom stereocenters. The summed E-state index contributed by atoms with van der Waals surface area (Å²) in [6.07, 6.45) is 8.47. The van der Waals surface area contributed by atoms with E-state index in [0.717, 1.165) is 18.4 Å². The third-order valence-electron chi connectivity index (χ3n) is 5.66. The van der Waals surface area contributed by atoms with Gasteiger partial charge in [0.1, 0.15) is 0 Å². The van der Waals surface area contributed by atoms with E-state index in [1.165, 1.54) is 51.6 Å². The van der Waals surface area contributed by atoms with Crippen molar-refractivity contribution in [3.63, 3.8) is 0 Å². The van der Waals surface area contributed by atoms with Crippen molar-refractivity contribution in [3.05, 3.63) is 0 Å². The second-order valence-corrected chi connectivity index (χ2v) is 7.32. The summed E-state index contributed by atoms with van der Waals surface area (Å²) in [5, 5.41) is 3.63. The van der Waals surface area contributed by atoms with E-state index in [9.17, 15) is 0 Å². The van der Waals surface area contributed by atoms with E-state index in [1.807, 2.05) is 7.05 Å². The molecule has 1 N–H and O–H groups in total. The summed E-state index contributed by atoms with van der Waals surface area (Å²) >= 11 is 0. The Balaban J connectivity index is 0.00000161. The Morgan fingerprint density at radius 3 is 2.48 bits per heavy atom. The summed E-state index contributed by atoms with van der Waals surface area (Å²) in [5.41, 5.74) is 0.648. The van der Waals surface area contributed by atoms with Crippen molar-refractivity contribution in [1.82, 2.24) is 15.1 Å². The van der Waals surface area contributed by atoms with Crippen molar-refractivity contribution in [2.24, 2.45) is 16.3 Å². The smallest absolute Gasteiger partial charge is 0.193 e. The number of hydrogen-bond donors (Lipinski definition) is 1. The highest BCUT2D eigenvalue weighted by Gasteiger charge is 2.43. The molecule has 0 aromatic heterocycles. The van der Waals surface area contributed by atoms with E-state index in [2.05, 4.69) is 34.2 Å². The lowest BCUT2D eigenvalue weighted by Crippen LogP contribution is -2.47. The fraction of sp³-hybridized carbons (Fsp3) is 0.938. The van der Waals surface area contributed by atoms with Gasteiger partial charge in [-0.2, -0.15) is 0 Å². The second kappa shape index (κ2) is 7.02. The molecule has 1 aliphatic heterocycles. The van der Waals surface area contributed by atoms with E-state index >= 15 is 0 Å². The zero-order valence-electron chi connectivity index (χ0n) is 13.8. The average Bonchev–Trinajstić information content (AvgIpc) is 3.10. The van der Waals surface area contributed by atoms with Gasteiger partial charge in [-0.15, -0.1) is 24.0 Å². The minimum atomic E-state index is 0. The molecule has 2 aliphatic carbocycles. The molecule has 0 bridgehead atoms. The van der Waals surface area contributed by atoms with Crippen LogP contribution in [0.3, 0.4) is 0 Å². The zero-order valence-corrected chi connectivity index (χ0v) is 16.1. The number of nitrogens with one attached hydrogen (secondary N) is 1. The van der Waals surface area contributed by atoms with Crippen LogP contribution in [-0.4, -0.2) is 62.6 Å². The normalized spacial score (nSPS) is 25.7. The van der Waals surface area contributed by atoms with Crippen LogP contribution in [0.25, 0.3) is 0 Å². The quantitative estimate of drug-likeness (QED) is 0.442. The van der Waals surface area contributed by atoms with E-state index < -0.39 is 0 Å². The van der Waals surface area contributed by atoms with E-state index in [1.54, 1.807) is 0 Å². The summed E-state index contributed by atoms with van der Waals surface area (Å²) in [6, 6.07) is 0.659. The number of guanidine groups is 1. The molecule has 1 heterocycles. The molecule has 4 nitrogen and oxygen atoms in total. The summed E-state index contributed by atoms with van der Waals surface area (Å²) < 4.78 is 0. The number of likely N-dealkylation sites (N-methyl/N-ethyl adjacent to an activating group) is 1. The Labute approximate surface area is 146 Å². The average molecular weight is 406 g/mol. The van der Waals surface area contributed by atoms with Crippen LogP contribution in [0.1, 0.15) is 38.5 Å². The summed E-state index contributed by atoms with van der Waals surface area (Å²) in [6.45, 7) is 3.45. The molecule has 122 valence electrons. The first-order valence-electron chi connectivity index (χ1n) is 8.26. The van der Waals surface area contributed by atoms with Crippen molar-refractivity contribution in [3.8, 4) is 0 Å². The predicted molar refractivity (Wildman–Crippen MR) is 99.4 cm³/mol. The molecule has 3 fully saturated rings. The first kappa shape index (κ1) is 17.3. The maximum Gasteiger partial charge on any atom is 0.193 e. The third-order valence-corrected chi connectivity index (χ3v) is 5.66. The van der Waals surface area contributed by atoms with Crippen LogP contribution in [0, 0.1) is 11.3 Å². The Kier molecular flexibility index (Phi) is 5.79. The van der Waals surface area contributed by atoms with Crippen molar-refractivity contribution in [2.75, 3.05) is 40.8 Å². The lowest BCUT2D eigenvalue weighted by Gasteiger charge is -2.38. The van der Waals surface area contributed by atoms with E-state index in [-0.39, 0.29) is 24.0 Å². The van der Waals surface area contributed by atoms with Gasteiger partial charge in [0.05, 0.1) is 0 Å². The standard InChI is InChI=1S/C16H30N4.HI/c1-17-15(18-11-14(19(2)3)13-5-6-13)20-10-9-16(12-20)7-4-8-16;/h13-14H,4-12H2,1-3H3,(H,17,18);1H. The number of rotatable bonds is 4. The van der Waals surface area contributed by atoms with Gasteiger partial charge in [-0.3, -0.25) is 4.99 Å². The number of aliphatic imine (C=N–C) groups is 1. The minimum absolute atomic E-state index is 0. The fourth-order valence-corrected chi connectivity index (χ4v) is 3.98. The molecule has 5 heteroatoms. The van der Waals surface area contributed by atoms with Crippen LogP contribution in [0.15, 0.2) is 4.99 Å². The Morgan fingerprint density at radius 1 is 1.33 bits per heavy atom. The van der Waals surface area contributed by atoms with Crippen LogP contribution in [0.5, 0.6) is 0 Å². The molecule has 21 heavy (non-hydrogen) atoms. The molecule has 2 saturated carbocycles. The van der Waals surface area contributed by atoms with Crippen LogP contribution < -0.4 is 5.32 Å². The monoisotopic (exact) mass is 406 g/mol. The topological polar surface area (TPSA) is 30.9 Å². The van der Waals surface area contributed by atoms with Gasteiger partial charge in [-0.05, 0) is 57.5 Å². The number of nitrogens with zero attached hydrogens (tertiary/aromatic N) is 3. The lowest BCUT2D eigenvalue weighted by molar-refractivity contribution is 0.151.